The molecule has 112 valence electrons. The number of carbonyl (C=O) groups is 1. The lowest BCUT2D eigenvalue weighted by Crippen LogP contribution is -2.41. The molecule has 2 saturated carbocycles. The number of hydrogen-bond donors (Lipinski definition) is 1. The van der Waals surface area contributed by atoms with Crippen LogP contribution in [0.5, 0.6) is 0 Å². The first-order valence-corrected chi connectivity index (χ1v) is 8.01. The Bertz CT molecular complexity index is 460. The highest BCUT2D eigenvalue weighted by atomic mass is 16.6. The van der Waals surface area contributed by atoms with Crippen molar-refractivity contribution in [1.82, 2.24) is 10.2 Å². The molecule has 1 N–H and O–H groups in total. The van der Waals surface area contributed by atoms with Crippen LogP contribution in [0.2, 0.25) is 0 Å². The van der Waals surface area contributed by atoms with Crippen LogP contribution in [0.1, 0.15) is 59.3 Å². The largest absolute Gasteiger partial charge is 0.444 e. The quantitative estimate of drug-likeness (QED) is 0.740. The summed E-state index contributed by atoms with van der Waals surface area (Å²) in [5.41, 5.74) is 0.517. The Morgan fingerprint density at radius 2 is 1.85 bits per heavy atom. The van der Waals surface area contributed by atoms with E-state index in [1.165, 1.54) is 38.5 Å². The molecule has 2 aliphatic heterocycles. The van der Waals surface area contributed by atoms with Crippen LogP contribution in [-0.2, 0) is 4.74 Å². The third kappa shape index (κ3) is 1.95. The number of likely N-dealkylation sites (tertiary alicyclic amines) is 1. The Labute approximate surface area is 121 Å². The van der Waals surface area contributed by atoms with E-state index in [0.717, 1.165) is 13.1 Å². The molecule has 0 aromatic carbocycles. The molecular formula is C16H26N2O2. The van der Waals surface area contributed by atoms with Crippen molar-refractivity contribution in [2.45, 2.75) is 76.0 Å². The molecule has 2 aliphatic carbocycles. The van der Waals surface area contributed by atoms with E-state index in [1.54, 1.807) is 0 Å². The molecule has 1 unspecified atom stereocenters. The number of rotatable bonds is 0. The SMILES string of the molecule is CC(C)(C)OC(=O)N1CC2(CNC3(CC3)C2)CC12CC2. The Hall–Kier alpha value is -0.770. The fourth-order valence-electron chi connectivity index (χ4n) is 4.48. The highest BCUT2D eigenvalue weighted by Gasteiger charge is 2.66. The minimum absolute atomic E-state index is 0.0939. The Morgan fingerprint density at radius 1 is 1.15 bits per heavy atom. The van der Waals surface area contributed by atoms with Gasteiger partial charge in [0.05, 0.1) is 0 Å². The first-order valence-electron chi connectivity index (χ1n) is 8.01. The zero-order chi connectivity index (χ0) is 14.2. The van der Waals surface area contributed by atoms with E-state index in [2.05, 4.69) is 10.2 Å². The smallest absolute Gasteiger partial charge is 0.410 e. The molecule has 4 aliphatic rings. The van der Waals surface area contributed by atoms with Crippen LogP contribution >= 0.6 is 0 Å². The molecule has 20 heavy (non-hydrogen) atoms. The number of nitrogens with zero attached hydrogens (tertiary/aromatic N) is 1. The number of carbonyl (C=O) groups excluding carboxylic acids is 1. The van der Waals surface area contributed by atoms with E-state index in [4.69, 9.17) is 4.74 Å². The second kappa shape index (κ2) is 3.52. The van der Waals surface area contributed by atoms with Gasteiger partial charge < -0.3 is 15.0 Å². The van der Waals surface area contributed by atoms with Crippen LogP contribution in [0.4, 0.5) is 4.79 Å². The molecular weight excluding hydrogens is 252 g/mol. The van der Waals surface area contributed by atoms with E-state index >= 15 is 0 Å². The maximum atomic E-state index is 12.5. The van der Waals surface area contributed by atoms with Gasteiger partial charge in [-0.2, -0.15) is 0 Å². The summed E-state index contributed by atoms with van der Waals surface area (Å²) >= 11 is 0. The van der Waals surface area contributed by atoms with Gasteiger partial charge in [0.25, 0.3) is 0 Å². The molecule has 0 radical (unpaired) electrons. The Morgan fingerprint density at radius 3 is 2.35 bits per heavy atom. The van der Waals surface area contributed by atoms with Gasteiger partial charge in [-0.05, 0) is 59.3 Å². The summed E-state index contributed by atoms with van der Waals surface area (Å²) in [6, 6.07) is 0. The monoisotopic (exact) mass is 278 g/mol. The van der Waals surface area contributed by atoms with Crippen molar-refractivity contribution < 1.29 is 9.53 Å². The van der Waals surface area contributed by atoms with E-state index in [-0.39, 0.29) is 11.6 Å². The van der Waals surface area contributed by atoms with Crippen molar-refractivity contribution in [3.63, 3.8) is 0 Å². The van der Waals surface area contributed by atoms with Crippen molar-refractivity contribution >= 4 is 6.09 Å². The number of ether oxygens (including phenoxy) is 1. The Kier molecular flexibility index (Phi) is 2.27. The molecule has 1 amide bonds. The minimum atomic E-state index is -0.394. The normalized spacial score (nSPS) is 36.0. The first kappa shape index (κ1) is 12.9. The third-order valence-corrected chi connectivity index (χ3v) is 5.62. The van der Waals surface area contributed by atoms with Crippen molar-refractivity contribution in [2.24, 2.45) is 5.41 Å². The van der Waals surface area contributed by atoms with Gasteiger partial charge >= 0.3 is 6.09 Å². The molecule has 2 saturated heterocycles. The summed E-state index contributed by atoms with van der Waals surface area (Å²) in [6.07, 6.45) is 7.35. The predicted octanol–water partition coefficient (Wildman–Crippen LogP) is 2.67. The van der Waals surface area contributed by atoms with Gasteiger partial charge in [-0.1, -0.05) is 0 Å². The highest BCUT2D eigenvalue weighted by molar-refractivity contribution is 5.71. The Balaban J connectivity index is 1.52. The summed E-state index contributed by atoms with van der Waals surface area (Å²) < 4.78 is 5.63. The number of hydrogen-bond acceptors (Lipinski definition) is 3. The molecule has 4 fully saturated rings. The van der Waals surface area contributed by atoms with Crippen LogP contribution in [0, 0.1) is 5.41 Å². The topological polar surface area (TPSA) is 41.6 Å². The van der Waals surface area contributed by atoms with E-state index in [0.29, 0.717) is 11.0 Å². The lowest BCUT2D eigenvalue weighted by molar-refractivity contribution is 0.0191. The second-order valence-electron chi connectivity index (χ2n) is 8.78. The molecule has 4 nitrogen and oxygen atoms in total. The summed E-state index contributed by atoms with van der Waals surface area (Å²) in [5, 5.41) is 3.73. The van der Waals surface area contributed by atoms with Gasteiger partial charge in [0.2, 0.25) is 0 Å². The fourth-order valence-corrected chi connectivity index (χ4v) is 4.48. The van der Waals surface area contributed by atoms with Crippen molar-refractivity contribution in [3.05, 3.63) is 0 Å². The molecule has 1 atom stereocenters. The summed E-state index contributed by atoms with van der Waals surface area (Å²) in [5.74, 6) is 0. The van der Waals surface area contributed by atoms with Gasteiger partial charge in [-0.15, -0.1) is 0 Å². The highest BCUT2D eigenvalue weighted by Crippen LogP contribution is 2.62. The molecule has 4 heteroatoms. The zero-order valence-electron chi connectivity index (χ0n) is 12.9. The number of nitrogens with one attached hydrogen (secondary N) is 1. The van der Waals surface area contributed by atoms with Crippen molar-refractivity contribution in [2.75, 3.05) is 13.1 Å². The van der Waals surface area contributed by atoms with Gasteiger partial charge in [0.1, 0.15) is 5.60 Å². The fraction of sp³-hybridized carbons (Fsp3) is 0.938. The predicted molar refractivity (Wildman–Crippen MR) is 76.5 cm³/mol. The van der Waals surface area contributed by atoms with Gasteiger partial charge in [-0.25, -0.2) is 4.79 Å². The van der Waals surface area contributed by atoms with Gasteiger partial charge in [-0.3, -0.25) is 0 Å². The lowest BCUT2D eigenvalue weighted by Gasteiger charge is -2.29. The van der Waals surface area contributed by atoms with E-state index < -0.39 is 5.60 Å². The average molecular weight is 278 g/mol. The van der Waals surface area contributed by atoms with Crippen LogP contribution in [0.15, 0.2) is 0 Å². The van der Waals surface area contributed by atoms with Gasteiger partial charge in [0.15, 0.2) is 0 Å². The van der Waals surface area contributed by atoms with Crippen LogP contribution in [0.25, 0.3) is 0 Å². The molecule has 0 aromatic rings. The maximum Gasteiger partial charge on any atom is 0.410 e. The van der Waals surface area contributed by atoms with Crippen LogP contribution < -0.4 is 5.32 Å². The molecule has 4 rings (SSSR count). The lowest BCUT2D eigenvalue weighted by atomic mass is 9.82. The molecule has 0 aromatic heterocycles. The first-order chi connectivity index (χ1) is 9.26. The summed E-state index contributed by atoms with van der Waals surface area (Å²) in [4.78, 5) is 14.6. The standard InChI is InChI=1S/C16H26N2O2/c1-13(2,3)20-12(19)18-11-14(9-16(18)6-7-16)8-15(4-5-15)17-10-14/h17H,4-11H2,1-3H3. The average Bonchev–Trinajstić information content (AvgIpc) is 3.15. The molecule has 0 bridgehead atoms. The third-order valence-electron chi connectivity index (χ3n) is 5.62. The van der Waals surface area contributed by atoms with Crippen LogP contribution in [-0.4, -0.2) is 40.8 Å². The summed E-state index contributed by atoms with van der Waals surface area (Å²) in [7, 11) is 0. The van der Waals surface area contributed by atoms with E-state index in [9.17, 15) is 4.79 Å². The van der Waals surface area contributed by atoms with Crippen LogP contribution in [0.3, 0.4) is 0 Å². The van der Waals surface area contributed by atoms with E-state index in [1.807, 2.05) is 20.8 Å². The molecule has 2 heterocycles. The van der Waals surface area contributed by atoms with Crippen molar-refractivity contribution in [3.8, 4) is 0 Å². The van der Waals surface area contributed by atoms with Gasteiger partial charge in [0, 0.05) is 29.6 Å². The zero-order valence-corrected chi connectivity index (χ0v) is 12.9. The minimum Gasteiger partial charge on any atom is -0.444 e. The number of amides is 1. The second-order valence-corrected chi connectivity index (χ2v) is 8.78. The maximum absolute atomic E-state index is 12.5. The van der Waals surface area contributed by atoms with Crippen molar-refractivity contribution in [1.29, 1.82) is 0 Å². The summed E-state index contributed by atoms with van der Waals surface area (Å²) in [6.45, 7) is 7.84. The molecule has 3 spiro atoms.